The second-order valence-corrected chi connectivity index (χ2v) is 3.95. The first kappa shape index (κ1) is 12.4. The van der Waals surface area contributed by atoms with Crippen molar-refractivity contribution < 1.29 is 23.8 Å². The predicted molar refractivity (Wildman–Crippen MR) is 60.2 cm³/mol. The lowest BCUT2D eigenvalue weighted by molar-refractivity contribution is -0.137. The van der Waals surface area contributed by atoms with Crippen LogP contribution in [0.2, 0.25) is 0 Å². The fraction of sp³-hybridized carbons (Fsp3) is 0.154. The number of aliphatic hydroxyl groups is 1. The number of benzene rings is 1. The number of aliphatic carboxylic acids is 1. The minimum atomic E-state index is -3.28. The van der Waals surface area contributed by atoms with Crippen molar-refractivity contribution >= 4 is 5.97 Å². The molecule has 2 atom stereocenters. The van der Waals surface area contributed by atoms with Crippen molar-refractivity contribution in [1.82, 2.24) is 0 Å². The molecule has 0 aromatic heterocycles. The highest BCUT2D eigenvalue weighted by Crippen LogP contribution is 2.39. The second kappa shape index (κ2) is 4.34. The molecule has 1 aromatic rings. The highest BCUT2D eigenvalue weighted by molar-refractivity contribution is 5.90. The number of carboxylic acids is 1. The predicted octanol–water partition coefficient (Wildman–Crippen LogP) is 2.31. The first-order chi connectivity index (χ1) is 8.43. The topological polar surface area (TPSA) is 57.5 Å². The molecule has 0 fully saturated rings. The van der Waals surface area contributed by atoms with Crippen LogP contribution in [0.1, 0.15) is 11.5 Å². The van der Waals surface area contributed by atoms with Crippen molar-refractivity contribution in [2.75, 3.05) is 0 Å². The Labute approximate surface area is 102 Å². The lowest BCUT2D eigenvalue weighted by Crippen LogP contribution is -2.32. The molecule has 0 amide bonds. The highest BCUT2D eigenvalue weighted by Gasteiger charge is 2.42. The van der Waals surface area contributed by atoms with Gasteiger partial charge in [-0.1, -0.05) is 36.4 Å². The number of allylic oxidation sites excluding steroid dienone is 2. The summed E-state index contributed by atoms with van der Waals surface area (Å²) in [7, 11) is 0. The molecular weight excluding hydrogens is 242 g/mol. The molecule has 1 aliphatic carbocycles. The highest BCUT2D eigenvalue weighted by atomic mass is 19.2. The van der Waals surface area contributed by atoms with Gasteiger partial charge in [0.2, 0.25) is 0 Å². The van der Waals surface area contributed by atoms with Gasteiger partial charge in [0.1, 0.15) is 11.4 Å². The third-order valence-corrected chi connectivity index (χ3v) is 2.74. The van der Waals surface area contributed by atoms with Gasteiger partial charge in [0.15, 0.2) is 0 Å². The Balaban J connectivity index is 2.51. The number of halogens is 2. The Bertz CT molecular complexity index is 532. The van der Waals surface area contributed by atoms with E-state index in [2.05, 4.69) is 0 Å². The quantitative estimate of drug-likeness (QED) is 0.794. The second-order valence-electron chi connectivity index (χ2n) is 3.95. The lowest BCUT2D eigenvalue weighted by Gasteiger charge is -2.24. The number of alkyl halides is 1. The lowest BCUT2D eigenvalue weighted by atomic mass is 9.87. The summed E-state index contributed by atoms with van der Waals surface area (Å²) in [5, 5.41) is 18.0. The molecular formula is C13H10F2O3. The number of carbonyl (C=O) groups is 1. The largest absolute Gasteiger partial charge is 0.478 e. The molecule has 3 nitrogen and oxygen atoms in total. The van der Waals surface area contributed by atoms with Gasteiger partial charge in [-0.25, -0.2) is 13.6 Å². The third kappa shape index (κ3) is 2.04. The van der Waals surface area contributed by atoms with E-state index in [1.54, 1.807) is 30.3 Å². The summed E-state index contributed by atoms with van der Waals surface area (Å²) in [6, 6.07) is 8.23. The van der Waals surface area contributed by atoms with Crippen LogP contribution < -0.4 is 0 Å². The molecule has 1 aromatic carbocycles. The summed E-state index contributed by atoms with van der Waals surface area (Å²) in [6.07, 6.45) is 1.76. The third-order valence-electron chi connectivity index (χ3n) is 2.74. The van der Waals surface area contributed by atoms with Crippen molar-refractivity contribution in [2.24, 2.45) is 0 Å². The molecule has 0 spiro atoms. The molecule has 94 valence electrons. The van der Waals surface area contributed by atoms with E-state index in [0.29, 0.717) is 11.6 Å². The monoisotopic (exact) mass is 252 g/mol. The van der Waals surface area contributed by atoms with Crippen molar-refractivity contribution in [3.05, 3.63) is 59.4 Å². The number of rotatable bonds is 2. The zero-order valence-electron chi connectivity index (χ0n) is 9.18. The molecule has 0 bridgehead atoms. The normalized spacial score (nSPS) is 27.4. The van der Waals surface area contributed by atoms with Crippen LogP contribution in [0.25, 0.3) is 0 Å². The van der Waals surface area contributed by atoms with Crippen molar-refractivity contribution in [1.29, 1.82) is 0 Å². The minimum absolute atomic E-state index is 0.487. The van der Waals surface area contributed by atoms with Crippen LogP contribution in [0.15, 0.2) is 53.9 Å². The average molecular weight is 252 g/mol. The Kier molecular flexibility index (Phi) is 3.00. The molecule has 0 saturated heterocycles. The molecule has 2 unspecified atom stereocenters. The minimum Gasteiger partial charge on any atom is -0.478 e. The SMILES string of the molecule is O=C(O)C1=C(F)C(c2ccccc2)C=CC1(O)F. The fourth-order valence-corrected chi connectivity index (χ4v) is 1.88. The van der Waals surface area contributed by atoms with E-state index >= 15 is 0 Å². The Morgan fingerprint density at radius 3 is 2.44 bits per heavy atom. The van der Waals surface area contributed by atoms with E-state index in [9.17, 15) is 18.7 Å². The van der Waals surface area contributed by atoms with E-state index in [1.807, 2.05) is 0 Å². The van der Waals surface area contributed by atoms with Gasteiger partial charge in [-0.3, -0.25) is 0 Å². The van der Waals surface area contributed by atoms with E-state index in [-0.39, 0.29) is 0 Å². The Hall–Kier alpha value is -2.01. The molecule has 0 heterocycles. The van der Waals surface area contributed by atoms with Gasteiger partial charge in [0, 0.05) is 0 Å². The maximum absolute atomic E-state index is 14.0. The molecule has 2 rings (SSSR count). The van der Waals surface area contributed by atoms with Gasteiger partial charge in [-0.05, 0) is 11.6 Å². The van der Waals surface area contributed by atoms with Crippen LogP contribution in [-0.4, -0.2) is 22.0 Å². The molecule has 5 heteroatoms. The van der Waals surface area contributed by atoms with Gasteiger partial charge in [-0.15, -0.1) is 0 Å². The summed E-state index contributed by atoms with van der Waals surface area (Å²) in [5.41, 5.74) is -0.778. The van der Waals surface area contributed by atoms with Crippen LogP contribution >= 0.6 is 0 Å². The van der Waals surface area contributed by atoms with Crippen LogP contribution in [-0.2, 0) is 4.79 Å². The standard InChI is InChI=1S/C13H10F2O3/c14-11-9(8-4-2-1-3-5-8)6-7-13(15,18)10(11)12(16)17/h1-7,9,18H,(H,16,17). The van der Waals surface area contributed by atoms with Gasteiger partial charge < -0.3 is 10.2 Å². The fourth-order valence-electron chi connectivity index (χ4n) is 1.88. The van der Waals surface area contributed by atoms with Gasteiger partial charge in [0.25, 0.3) is 5.85 Å². The van der Waals surface area contributed by atoms with E-state index in [0.717, 1.165) is 6.08 Å². The number of carboxylic acid groups (broad SMARTS) is 1. The van der Waals surface area contributed by atoms with Gasteiger partial charge >= 0.3 is 5.97 Å². The van der Waals surface area contributed by atoms with Crippen LogP contribution in [0, 0.1) is 0 Å². The molecule has 1 aliphatic rings. The molecule has 0 aliphatic heterocycles. The number of hydrogen-bond acceptors (Lipinski definition) is 2. The Morgan fingerprint density at radius 1 is 1.28 bits per heavy atom. The molecule has 2 N–H and O–H groups in total. The zero-order chi connectivity index (χ0) is 13.3. The molecule has 0 radical (unpaired) electrons. The Morgan fingerprint density at radius 2 is 1.89 bits per heavy atom. The summed E-state index contributed by atoms with van der Waals surface area (Å²) in [5.74, 6) is -7.28. The first-order valence-corrected chi connectivity index (χ1v) is 5.22. The maximum atomic E-state index is 14.0. The maximum Gasteiger partial charge on any atom is 0.340 e. The van der Waals surface area contributed by atoms with Crippen LogP contribution in [0.4, 0.5) is 8.78 Å². The zero-order valence-corrected chi connectivity index (χ0v) is 9.18. The van der Waals surface area contributed by atoms with Crippen LogP contribution in [0.3, 0.4) is 0 Å². The summed E-state index contributed by atoms with van der Waals surface area (Å²) in [4.78, 5) is 10.8. The summed E-state index contributed by atoms with van der Waals surface area (Å²) >= 11 is 0. The van der Waals surface area contributed by atoms with Crippen molar-refractivity contribution in [3.63, 3.8) is 0 Å². The van der Waals surface area contributed by atoms with Gasteiger partial charge in [0.05, 0.1) is 5.92 Å². The average Bonchev–Trinajstić information content (AvgIpc) is 2.28. The number of hydrogen-bond donors (Lipinski definition) is 2. The van der Waals surface area contributed by atoms with Crippen molar-refractivity contribution in [3.8, 4) is 0 Å². The first-order valence-electron chi connectivity index (χ1n) is 5.22. The summed E-state index contributed by atoms with van der Waals surface area (Å²) in [6.45, 7) is 0. The smallest absolute Gasteiger partial charge is 0.340 e. The molecule has 18 heavy (non-hydrogen) atoms. The van der Waals surface area contributed by atoms with Gasteiger partial charge in [-0.2, -0.15) is 0 Å². The van der Waals surface area contributed by atoms with E-state index in [4.69, 9.17) is 5.11 Å². The van der Waals surface area contributed by atoms with Crippen molar-refractivity contribution in [2.45, 2.75) is 11.8 Å². The van der Waals surface area contributed by atoms with Crippen LogP contribution in [0.5, 0.6) is 0 Å². The molecule has 0 saturated carbocycles. The van der Waals surface area contributed by atoms with E-state index in [1.165, 1.54) is 0 Å². The van der Waals surface area contributed by atoms with E-state index < -0.39 is 29.1 Å². The summed E-state index contributed by atoms with van der Waals surface area (Å²) < 4.78 is 27.5.